The molecule has 3 aliphatic rings. The first kappa shape index (κ1) is 14.1. The van der Waals surface area contributed by atoms with Crippen molar-refractivity contribution in [2.45, 2.75) is 64.6 Å². The molecule has 0 aromatic heterocycles. The number of ketones is 1. The Morgan fingerprint density at radius 3 is 2.42 bits per heavy atom. The van der Waals surface area contributed by atoms with E-state index in [1.165, 1.54) is 0 Å². The minimum absolute atomic E-state index is 0.0291. The predicted molar refractivity (Wildman–Crippen MR) is 72.8 cm³/mol. The van der Waals surface area contributed by atoms with E-state index in [1.54, 1.807) is 11.8 Å². The summed E-state index contributed by atoms with van der Waals surface area (Å²) < 4.78 is 5.45. The van der Waals surface area contributed by atoms with Gasteiger partial charge in [0.1, 0.15) is 11.6 Å². The zero-order chi connectivity index (χ0) is 14.4. The Labute approximate surface area is 114 Å². The molecule has 2 heterocycles. The number of hydrogen-bond acceptors (Lipinski definition) is 3. The Kier molecular flexibility index (Phi) is 3.45. The van der Waals surface area contributed by atoms with Crippen LogP contribution in [0.2, 0.25) is 0 Å². The van der Waals surface area contributed by atoms with Gasteiger partial charge >= 0.3 is 6.09 Å². The average molecular weight is 265 g/mol. The third-order valence-electron chi connectivity index (χ3n) is 3.93. The number of carbonyl (C=O) groups excluding carboxylic acids is 2. The van der Waals surface area contributed by atoms with Crippen molar-refractivity contribution in [3.8, 4) is 0 Å². The molecule has 3 atom stereocenters. The molecule has 106 valence electrons. The summed E-state index contributed by atoms with van der Waals surface area (Å²) in [5.74, 6) is 0.136. The standard InChI is InChI=1S/C15H23NO3/c1-9-8-11-6-7-12(9)13(10(2)17)16(11)14(18)19-15(3,4)5/h11-13H,1,6-8H2,2-5H3/t11-,12+,13+/m0/s1. The van der Waals surface area contributed by atoms with Gasteiger partial charge in [0.25, 0.3) is 0 Å². The van der Waals surface area contributed by atoms with Crippen molar-refractivity contribution >= 4 is 11.9 Å². The first-order valence-corrected chi connectivity index (χ1v) is 6.90. The Morgan fingerprint density at radius 2 is 1.95 bits per heavy atom. The van der Waals surface area contributed by atoms with Crippen LogP contribution in [0.15, 0.2) is 12.2 Å². The number of hydrogen-bond donors (Lipinski definition) is 0. The van der Waals surface area contributed by atoms with Crippen molar-refractivity contribution in [1.29, 1.82) is 0 Å². The predicted octanol–water partition coefficient (Wildman–Crippen LogP) is 2.92. The fraction of sp³-hybridized carbons (Fsp3) is 0.733. The number of amides is 1. The molecule has 2 aliphatic heterocycles. The van der Waals surface area contributed by atoms with Gasteiger partial charge in [0.15, 0.2) is 5.78 Å². The van der Waals surface area contributed by atoms with Gasteiger partial charge in [-0.15, -0.1) is 0 Å². The maximum absolute atomic E-state index is 12.3. The lowest BCUT2D eigenvalue weighted by molar-refractivity contribution is -0.128. The normalized spacial score (nSPS) is 30.4. The third kappa shape index (κ3) is 2.67. The van der Waals surface area contributed by atoms with Crippen molar-refractivity contribution in [2.24, 2.45) is 5.92 Å². The van der Waals surface area contributed by atoms with E-state index in [0.29, 0.717) is 0 Å². The molecule has 2 bridgehead atoms. The molecule has 0 aromatic carbocycles. The number of fused-ring (bicyclic) bond motifs is 3. The molecule has 0 unspecified atom stereocenters. The van der Waals surface area contributed by atoms with E-state index in [4.69, 9.17) is 4.74 Å². The summed E-state index contributed by atoms with van der Waals surface area (Å²) in [7, 11) is 0. The zero-order valence-corrected chi connectivity index (χ0v) is 12.2. The highest BCUT2D eigenvalue weighted by molar-refractivity contribution is 5.87. The van der Waals surface area contributed by atoms with Gasteiger partial charge in [-0.1, -0.05) is 12.2 Å². The Bertz CT molecular complexity index is 422. The largest absolute Gasteiger partial charge is 0.444 e. The molecule has 1 amide bonds. The van der Waals surface area contributed by atoms with Crippen molar-refractivity contribution < 1.29 is 14.3 Å². The van der Waals surface area contributed by atoms with Gasteiger partial charge in [-0.2, -0.15) is 0 Å². The smallest absolute Gasteiger partial charge is 0.411 e. The van der Waals surface area contributed by atoms with Gasteiger partial charge in [0.05, 0.1) is 0 Å². The number of Topliss-reactive ketones (excluding diaryl/α,β-unsaturated/α-hetero) is 1. The molecule has 3 fully saturated rings. The molecule has 1 saturated carbocycles. The first-order chi connectivity index (χ1) is 8.70. The van der Waals surface area contributed by atoms with Gasteiger partial charge < -0.3 is 4.74 Å². The number of ether oxygens (including phenoxy) is 1. The van der Waals surface area contributed by atoms with E-state index in [0.717, 1.165) is 24.8 Å². The second-order valence-corrected chi connectivity index (χ2v) is 6.64. The van der Waals surface area contributed by atoms with Gasteiger partial charge in [-0.05, 0) is 47.0 Å². The number of rotatable bonds is 1. The Hall–Kier alpha value is -1.32. The van der Waals surface area contributed by atoms with E-state index in [1.807, 2.05) is 20.8 Å². The fourth-order valence-corrected chi connectivity index (χ4v) is 3.23. The highest BCUT2D eigenvalue weighted by Crippen LogP contribution is 2.43. The molecule has 3 rings (SSSR count). The highest BCUT2D eigenvalue weighted by atomic mass is 16.6. The van der Waals surface area contributed by atoms with E-state index in [9.17, 15) is 9.59 Å². The van der Waals surface area contributed by atoms with Crippen LogP contribution in [-0.2, 0) is 9.53 Å². The Balaban J connectivity index is 2.25. The van der Waals surface area contributed by atoms with E-state index in [-0.39, 0.29) is 29.9 Å². The van der Waals surface area contributed by atoms with Crippen molar-refractivity contribution in [3.63, 3.8) is 0 Å². The molecule has 0 aromatic rings. The lowest BCUT2D eigenvalue weighted by atomic mass is 9.71. The van der Waals surface area contributed by atoms with Crippen LogP contribution in [0.3, 0.4) is 0 Å². The molecule has 2 saturated heterocycles. The zero-order valence-electron chi connectivity index (χ0n) is 12.2. The van der Waals surface area contributed by atoms with E-state index in [2.05, 4.69) is 6.58 Å². The summed E-state index contributed by atoms with van der Waals surface area (Å²) >= 11 is 0. The summed E-state index contributed by atoms with van der Waals surface area (Å²) in [4.78, 5) is 25.9. The SMILES string of the molecule is C=C1C[C@@H]2CC[C@H]1[C@@H](C(C)=O)N2C(=O)OC(C)(C)C. The molecular weight excluding hydrogens is 242 g/mol. The van der Waals surface area contributed by atoms with Gasteiger partial charge in [-0.25, -0.2) is 4.79 Å². The summed E-state index contributed by atoms with van der Waals surface area (Å²) in [6.07, 6.45) is 2.32. The van der Waals surface area contributed by atoms with Crippen molar-refractivity contribution in [1.82, 2.24) is 4.90 Å². The Morgan fingerprint density at radius 1 is 1.32 bits per heavy atom. The topological polar surface area (TPSA) is 46.6 Å². The molecule has 0 radical (unpaired) electrons. The summed E-state index contributed by atoms with van der Waals surface area (Å²) in [5, 5.41) is 0. The average Bonchev–Trinajstić information content (AvgIpc) is 2.25. The quantitative estimate of drug-likeness (QED) is 0.685. The number of piperidine rings is 2. The van der Waals surface area contributed by atoms with Crippen LogP contribution in [0, 0.1) is 5.92 Å². The monoisotopic (exact) mass is 265 g/mol. The third-order valence-corrected chi connectivity index (χ3v) is 3.93. The van der Waals surface area contributed by atoms with Crippen molar-refractivity contribution in [3.05, 3.63) is 12.2 Å². The summed E-state index contributed by atoms with van der Waals surface area (Å²) in [6, 6.07) is -0.309. The van der Waals surface area contributed by atoms with E-state index < -0.39 is 5.60 Å². The first-order valence-electron chi connectivity index (χ1n) is 6.90. The lowest BCUT2D eigenvalue weighted by Crippen LogP contribution is -2.61. The minimum Gasteiger partial charge on any atom is -0.444 e. The fourth-order valence-electron chi connectivity index (χ4n) is 3.23. The van der Waals surface area contributed by atoms with Crippen molar-refractivity contribution in [2.75, 3.05) is 0 Å². The molecule has 4 nitrogen and oxygen atoms in total. The lowest BCUT2D eigenvalue weighted by Gasteiger charge is -2.51. The minimum atomic E-state index is -0.536. The van der Waals surface area contributed by atoms with Crippen LogP contribution < -0.4 is 0 Å². The van der Waals surface area contributed by atoms with Crippen LogP contribution in [0.5, 0.6) is 0 Å². The summed E-state index contributed by atoms with van der Waals surface area (Å²) in [5.41, 5.74) is 0.572. The molecule has 1 aliphatic carbocycles. The van der Waals surface area contributed by atoms with Crippen LogP contribution in [-0.4, -0.2) is 34.5 Å². The molecule has 0 spiro atoms. The second kappa shape index (κ2) is 4.66. The van der Waals surface area contributed by atoms with Gasteiger partial charge in [0, 0.05) is 12.0 Å². The maximum Gasteiger partial charge on any atom is 0.411 e. The molecule has 4 heteroatoms. The molecule has 0 N–H and O–H groups in total. The highest BCUT2D eigenvalue weighted by Gasteiger charge is 2.49. The van der Waals surface area contributed by atoms with Crippen LogP contribution in [0.4, 0.5) is 4.79 Å². The molecule has 19 heavy (non-hydrogen) atoms. The molecular formula is C15H23NO3. The number of nitrogens with zero attached hydrogens (tertiary/aromatic N) is 1. The maximum atomic E-state index is 12.3. The number of carbonyl (C=O) groups is 2. The van der Waals surface area contributed by atoms with Crippen LogP contribution >= 0.6 is 0 Å². The summed E-state index contributed by atoms with van der Waals surface area (Å²) in [6.45, 7) is 11.1. The van der Waals surface area contributed by atoms with Crippen LogP contribution in [0.25, 0.3) is 0 Å². The van der Waals surface area contributed by atoms with E-state index >= 15 is 0 Å². The van der Waals surface area contributed by atoms with Crippen LogP contribution in [0.1, 0.15) is 47.0 Å². The van der Waals surface area contributed by atoms with Gasteiger partial charge in [0.2, 0.25) is 0 Å². The van der Waals surface area contributed by atoms with Gasteiger partial charge in [-0.3, -0.25) is 9.69 Å². The second-order valence-electron chi connectivity index (χ2n) is 6.64.